The molecule has 0 saturated heterocycles. The number of ether oxygens (including phenoxy) is 1. The fraction of sp³-hybridized carbons (Fsp3) is 0.500. The van der Waals surface area contributed by atoms with E-state index in [1.54, 1.807) is 13.2 Å². The van der Waals surface area contributed by atoms with Crippen LogP contribution in [-0.4, -0.2) is 33.5 Å². The third-order valence-corrected chi connectivity index (χ3v) is 5.39. The van der Waals surface area contributed by atoms with Gasteiger partial charge in [0.15, 0.2) is 0 Å². The van der Waals surface area contributed by atoms with Crippen LogP contribution in [0.1, 0.15) is 0 Å². The van der Waals surface area contributed by atoms with Gasteiger partial charge in [-0.15, -0.1) is 11.3 Å². The lowest BCUT2D eigenvalue weighted by Crippen LogP contribution is -2.31. The Balaban J connectivity index is 2.59. The summed E-state index contributed by atoms with van der Waals surface area (Å²) in [4.78, 5) is -0.0530. The van der Waals surface area contributed by atoms with Crippen LogP contribution in [-0.2, 0) is 14.8 Å². The second-order valence-electron chi connectivity index (χ2n) is 2.96. The van der Waals surface area contributed by atoms with Gasteiger partial charge in [-0.25, -0.2) is 13.1 Å². The van der Waals surface area contributed by atoms with Crippen LogP contribution in [0.15, 0.2) is 16.3 Å². The maximum atomic E-state index is 11.7. The molecule has 1 N–H and O–H groups in total. The van der Waals surface area contributed by atoms with Crippen molar-refractivity contribution < 1.29 is 13.2 Å². The number of hydrogen-bond donors (Lipinski definition) is 1. The minimum absolute atomic E-state index is 0.0530. The van der Waals surface area contributed by atoms with Gasteiger partial charge in [-0.3, -0.25) is 0 Å². The van der Waals surface area contributed by atoms with Crippen LogP contribution < -0.4 is 4.72 Å². The normalized spacial score (nSPS) is 13.9. The van der Waals surface area contributed by atoms with Gasteiger partial charge in [-0.2, -0.15) is 0 Å². The number of methoxy groups -OCH3 is 1. The summed E-state index contributed by atoms with van der Waals surface area (Å²) in [6.45, 7) is 0.708. The first kappa shape index (κ1) is 14.4. The molecular formula is C8H11BrClNO3S2. The highest BCUT2D eigenvalue weighted by Crippen LogP contribution is 2.25. The molecule has 4 nitrogen and oxygen atoms in total. The van der Waals surface area contributed by atoms with Crippen LogP contribution in [0.5, 0.6) is 0 Å². The monoisotopic (exact) mass is 347 g/mol. The molecule has 0 spiro atoms. The summed E-state index contributed by atoms with van der Waals surface area (Å²) in [6, 6.07) is 3.04. The molecule has 92 valence electrons. The van der Waals surface area contributed by atoms with Crippen LogP contribution >= 0.6 is 38.9 Å². The second-order valence-corrected chi connectivity index (χ2v) is 7.97. The molecule has 0 amide bonds. The van der Waals surface area contributed by atoms with E-state index in [4.69, 9.17) is 16.3 Å². The molecule has 0 bridgehead atoms. The maximum absolute atomic E-state index is 11.7. The number of nitrogens with one attached hydrogen (secondary N) is 1. The lowest BCUT2D eigenvalue weighted by Gasteiger charge is -2.09. The molecule has 1 rings (SSSR count). The minimum atomic E-state index is -3.45. The summed E-state index contributed by atoms with van der Waals surface area (Å²) in [5, 5.41) is 0. The predicted molar refractivity (Wildman–Crippen MR) is 69.1 cm³/mol. The van der Waals surface area contributed by atoms with Crippen molar-refractivity contribution >= 4 is 48.9 Å². The molecule has 0 aliphatic heterocycles. The van der Waals surface area contributed by atoms with Crippen molar-refractivity contribution in [3.63, 3.8) is 0 Å². The van der Waals surface area contributed by atoms with E-state index in [0.29, 0.717) is 10.9 Å². The van der Waals surface area contributed by atoms with E-state index >= 15 is 0 Å². The molecule has 0 aliphatic carbocycles. The van der Waals surface area contributed by atoms with Gasteiger partial charge in [0.25, 0.3) is 0 Å². The van der Waals surface area contributed by atoms with Crippen molar-refractivity contribution in [2.75, 3.05) is 20.3 Å². The average Bonchev–Trinajstić information content (AvgIpc) is 2.63. The minimum Gasteiger partial charge on any atom is -0.383 e. The number of thiophene rings is 1. The van der Waals surface area contributed by atoms with E-state index in [1.165, 1.54) is 6.07 Å². The molecule has 0 saturated carbocycles. The molecule has 1 aromatic heterocycles. The lowest BCUT2D eigenvalue weighted by molar-refractivity contribution is 0.201. The largest absolute Gasteiger partial charge is 0.383 e. The van der Waals surface area contributed by atoms with E-state index in [1.807, 2.05) is 0 Å². The molecule has 1 heterocycles. The smallest absolute Gasteiger partial charge is 0.250 e. The van der Waals surface area contributed by atoms with Crippen molar-refractivity contribution in [1.82, 2.24) is 4.72 Å². The van der Waals surface area contributed by atoms with Crippen molar-refractivity contribution in [3.8, 4) is 0 Å². The standard InChI is InChI=1S/C8H11BrClNO3S2/c1-14-5-6(9)4-11-16(12,13)8-3-2-7(10)15-8/h2-3,6,11H,4-5H2,1H3. The quantitative estimate of drug-likeness (QED) is 0.801. The number of hydrogen-bond acceptors (Lipinski definition) is 4. The Morgan fingerprint density at radius 2 is 2.31 bits per heavy atom. The molecule has 16 heavy (non-hydrogen) atoms. The molecule has 1 atom stereocenters. The highest BCUT2D eigenvalue weighted by molar-refractivity contribution is 9.09. The van der Waals surface area contributed by atoms with Gasteiger partial charge >= 0.3 is 0 Å². The van der Waals surface area contributed by atoms with Gasteiger partial charge in [-0.1, -0.05) is 27.5 Å². The molecular weight excluding hydrogens is 338 g/mol. The first-order valence-corrected chi connectivity index (χ1v) is 7.93. The predicted octanol–water partition coefficient (Wildman–Crippen LogP) is 2.09. The van der Waals surface area contributed by atoms with Gasteiger partial charge in [0.05, 0.1) is 15.8 Å². The van der Waals surface area contributed by atoms with E-state index in [2.05, 4.69) is 20.7 Å². The van der Waals surface area contributed by atoms with Crippen LogP contribution in [0.3, 0.4) is 0 Å². The van der Waals surface area contributed by atoms with Gasteiger partial charge < -0.3 is 4.74 Å². The van der Waals surface area contributed by atoms with Crippen LogP contribution in [0.4, 0.5) is 0 Å². The molecule has 8 heteroatoms. The zero-order valence-electron chi connectivity index (χ0n) is 8.44. The Morgan fingerprint density at radius 3 is 2.81 bits per heavy atom. The Morgan fingerprint density at radius 1 is 1.62 bits per heavy atom. The van der Waals surface area contributed by atoms with Gasteiger partial charge in [-0.05, 0) is 12.1 Å². The zero-order valence-corrected chi connectivity index (χ0v) is 12.4. The summed E-state index contributed by atoms with van der Waals surface area (Å²) in [6.07, 6.45) is 0. The Bertz CT molecular complexity index is 434. The Kier molecular flexibility index (Phi) is 5.69. The molecule has 0 fully saturated rings. The Labute approximate surface area is 112 Å². The number of rotatable bonds is 6. The number of sulfonamides is 1. The van der Waals surface area contributed by atoms with Gasteiger partial charge in [0.2, 0.25) is 10.0 Å². The van der Waals surface area contributed by atoms with E-state index in [0.717, 1.165) is 11.3 Å². The number of alkyl halides is 1. The highest BCUT2D eigenvalue weighted by Gasteiger charge is 2.17. The molecule has 1 aromatic rings. The average molecular weight is 349 g/mol. The Hall–Kier alpha value is 0.340. The molecule has 0 aliphatic rings. The summed E-state index contributed by atoms with van der Waals surface area (Å²) in [5.41, 5.74) is 0. The van der Waals surface area contributed by atoms with E-state index < -0.39 is 10.0 Å². The zero-order chi connectivity index (χ0) is 12.2. The van der Waals surface area contributed by atoms with Crippen LogP contribution in [0.25, 0.3) is 0 Å². The third-order valence-electron chi connectivity index (χ3n) is 1.66. The van der Waals surface area contributed by atoms with Gasteiger partial charge in [0.1, 0.15) is 4.21 Å². The fourth-order valence-corrected chi connectivity index (χ4v) is 4.20. The summed E-state index contributed by atoms with van der Waals surface area (Å²) < 4.78 is 31.5. The van der Waals surface area contributed by atoms with E-state index in [-0.39, 0.29) is 15.6 Å². The SMILES string of the molecule is COCC(Br)CNS(=O)(=O)c1ccc(Cl)s1. The summed E-state index contributed by atoms with van der Waals surface area (Å²) >= 11 is 10.00. The topological polar surface area (TPSA) is 55.4 Å². The van der Waals surface area contributed by atoms with Crippen LogP contribution in [0, 0.1) is 0 Å². The van der Waals surface area contributed by atoms with Crippen LogP contribution in [0.2, 0.25) is 4.34 Å². The molecule has 0 aromatic carbocycles. The van der Waals surface area contributed by atoms with Crippen molar-refractivity contribution in [2.45, 2.75) is 9.04 Å². The van der Waals surface area contributed by atoms with E-state index in [9.17, 15) is 8.42 Å². The summed E-state index contributed by atoms with van der Waals surface area (Å²) in [5.74, 6) is 0. The fourth-order valence-electron chi connectivity index (χ4n) is 0.953. The summed E-state index contributed by atoms with van der Waals surface area (Å²) in [7, 11) is -1.90. The highest BCUT2D eigenvalue weighted by atomic mass is 79.9. The van der Waals surface area contributed by atoms with Gasteiger partial charge in [0, 0.05) is 13.7 Å². The maximum Gasteiger partial charge on any atom is 0.250 e. The lowest BCUT2D eigenvalue weighted by atomic mass is 10.5. The third kappa shape index (κ3) is 4.31. The molecule has 0 radical (unpaired) electrons. The molecule has 1 unspecified atom stereocenters. The second kappa shape index (κ2) is 6.32. The first-order valence-electron chi connectivity index (χ1n) is 4.33. The first-order chi connectivity index (χ1) is 7.45. The number of halogens is 2. The van der Waals surface area contributed by atoms with Crippen molar-refractivity contribution in [1.29, 1.82) is 0 Å². The van der Waals surface area contributed by atoms with Crippen molar-refractivity contribution in [2.24, 2.45) is 0 Å². The van der Waals surface area contributed by atoms with Crippen molar-refractivity contribution in [3.05, 3.63) is 16.5 Å².